The first-order valence-electron chi connectivity index (χ1n) is 10.9. The molecule has 0 bridgehead atoms. The predicted molar refractivity (Wildman–Crippen MR) is 122 cm³/mol. The topological polar surface area (TPSA) is 61.9 Å². The fourth-order valence-electron chi connectivity index (χ4n) is 3.92. The lowest BCUT2D eigenvalue weighted by atomic mass is 10.0. The molecule has 6 heteroatoms. The number of nitrogens with zero attached hydrogens (tertiary/aromatic N) is 2. The number of piperazine rings is 1. The molecule has 0 radical (unpaired) electrons. The molecule has 0 spiro atoms. The van der Waals surface area contributed by atoms with Gasteiger partial charge in [-0.05, 0) is 36.1 Å². The summed E-state index contributed by atoms with van der Waals surface area (Å²) in [6.07, 6.45) is 0. The van der Waals surface area contributed by atoms with Gasteiger partial charge >= 0.3 is 0 Å². The van der Waals surface area contributed by atoms with Crippen molar-refractivity contribution in [2.24, 2.45) is 5.92 Å². The van der Waals surface area contributed by atoms with E-state index >= 15 is 0 Å². The summed E-state index contributed by atoms with van der Waals surface area (Å²) in [7, 11) is 1.54. The maximum absolute atomic E-state index is 13.2. The molecular weight excluding hydrogens is 390 g/mol. The van der Waals surface area contributed by atoms with Crippen molar-refractivity contribution >= 4 is 11.8 Å². The van der Waals surface area contributed by atoms with Gasteiger partial charge in [-0.15, -0.1) is 0 Å². The summed E-state index contributed by atoms with van der Waals surface area (Å²) in [6.45, 7) is 9.92. The van der Waals surface area contributed by atoms with Crippen molar-refractivity contribution in [2.75, 3.05) is 33.3 Å². The van der Waals surface area contributed by atoms with Crippen LogP contribution in [0.1, 0.15) is 35.3 Å². The quantitative estimate of drug-likeness (QED) is 0.743. The van der Waals surface area contributed by atoms with Gasteiger partial charge in [0.2, 0.25) is 5.91 Å². The van der Waals surface area contributed by atoms with E-state index in [1.807, 2.05) is 24.8 Å². The number of benzene rings is 2. The number of carbonyl (C=O) groups is 2. The molecule has 2 aromatic carbocycles. The second-order valence-electron chi connectivity index (χ2n) is 8.42. The molecule has 1 heterocycles. The largest absolute Gasteiger partial charge is 0.496 e. The number of para-hydroxylation sites is 1. The lowest BCUT2D eigenvalue weighted by molar-refractivity contribution is -0.136. The van der Waals surface area contributed by atoms with Crippen LogP contribution in [-0.2, 0) is 11.3 Å². The fraction of sp³-hybridized carbons (Fsp3) is 0.440. The van der Waals surface area contributed by atoms with Crippen LogP contribution in [0.25, 0.3) is 0 Å². The molecule has 1 fully saturated rings. The SMILES string of the molecule is COc1ccccc1C(=O)N[C@H](C(=O)N1CCN(Cc2ccccc2C)CC1)C(C)C. The Morgan fingerprint density at radius 2 is 1.65 bits per heavy atom. The molecule has 0 saturated carbocycles. The highest BCUT2D eigenvalue weighted by atomic mass is 16.5. The van der Waals surface area contributed by atoms with Crippen LogP contribution in [0, 0.1) is 12.8 Å². The first kappa shape index (κ1) is 22.8. The average molecular weight is 424 g/mol. The second-order valence-corrected chi connectivity index (χ2v) is 8.42. The van der Waals surface area contributed by atoms with E-state index < -0.39 is 6.04 Å². The Balaban J connectivity index is 1.61. The fourth-order valence-corrected chi connectivity index (χ4v) is 3.92. The predicted octanol–water partition coefficient (Wildman–Crippen LogP) is 3.10. The number of rotatable bonds is 7. The van der Waals surface area contributed by atoms with Crippen LogP contribution in [0.15, 0.2) is 48.5 Å². The molecule has 6 nitrogen and oxygen atoms in total. The molecule has 0 aromatic heterocycles. The summed E-state index contributed by atoms with van der Waals surface area (Å²) in [6, 6.07) is 14.9. The normalized spacial score (nSPS) is 15.6. The third-order valence-electron chi connectivity index (χ3n) is 5.91. The van der Waals surface area contributed by atoms with Gasteiger partial charge in [-0.25, -0.2) is 0 Å². The smallest absolute Gasteiger partial charge is 0.255 e. The Bertz CT molecular complexity index is 904. The molecule has 0 aliphatic carbocycles. The lowest BCUT2D eigenvalue weighted by Gasteiger charge is -2.37. The standard InChI is InChI=1S/C25H33N3O3/c1-18(2)23(26-24(29)21-11-7-8-12-22(21)31-4)25(30)28-15-13-27(14-16-28)17-20-10-6-5-9-19(20)3/h5-12,18,23H,13-17H2,1-4H3,(H,26,29)/t23-/m0/s1. The maximum atomic E-state index is 13.2. The Morgan fingerprint density at radius 1 is 1.00 bits per heavy atom. The number of nitrogens with one attached hydrogen (secondary N) is 1. The van der Waals surface area contributed by atoms with Gasteiger partial charge in [-0.2, -0.15) is 0 Å². The van der Waals surface area contributed by atoms with E-state index in [-0.39, 0.29) is 17.7 Å². The molecule has 1 aliphatic rings. The molecule has 1 N–H and O–H groups in total. The number of amides is 2. The van der Waals surface area contributed by atoms with Crippen molar-refractivity contribution in [3.63, 3.8) is 0 Å². The van der Waals surface area contributed by atoms with Crippen LogP contribution in [-0.4, -0.2) is 60.9 Å². The van der Waals surface area contributed by atoms with Crippen LogP contribution < -0.4 is 10.1 Å². The summed E-state index contributed by atoms with van der Waals surface area (Å²) in [4.78, 5) is 30.3. The third-order valence-corrected chi connectivity index (χ3v) is 5.91. The molecule has 2 aromatic rings. The van der Waals surface area contributed by atoms with Crippen molar-refractivity contribution in [2.45, 2.75) is 33.4 Å². The second kappa shape index (κ2) is 10.4. The van der Waals surface area contributed by atoms with Gasteiger partial charge in [-0.3, -0.25) is 14.5 Å². The molecule has 1 aliphatic heterocycles. The first-order valence-corrected chi connectivity index (χ1v) is 10.9. The molecule has 0 unspecified atom stereocenters. The van der Waals surface area contributed by atoms with Crippen molar-refractivity contribution in [1.82, 2.24) is 15.1 Å². The molecular formula is C25H33N3O3. The van der Waals surface area contributed by atoms with Crippen LogP contribution >= 0.6 is 0 Å². The Hall–Kier alpha value is -2.86. The molecule has 1 saturated heterocycles. The number of hydrogen-bond acceptors (Lipinski definition) is 4. The monoisotopic (exact) mass is 423 g/mol. The van der Waals surface area contributed by atoms with Gasteiger partial charge in [0.15, 0.2) is 0 Å². The van der Waals surface area contributed by atoms with E-state index in [0.29, 0.717) is 24.4 Å². The highest BCUT2D eigenvalue weighted by Crippen LogP contribution is 2.19. The van der Waals surface area contributed by atoms with Crippen molar-refractivity contribution in [3.8, 4) is 5.75 Å². The van der Waals surface area contributed by atoms with E-state index in [0.717, 1.165) is 19.6 Å². The summed E-state index contributed by atoms with van der Waals surface area (Å²) < 4.78 is 5.29. The minimum Gasteiger partial charge on any atom is -0.496 e. The van der Waals surface area contributed by atoms with Gasteiger partial charge in [0, 0.05) is 32.7 Å². The summed E-state index contributed by atoms with van der Waals surface area (Å²) >= 11 is 0. The number of ether oxygens (including phenoxy) is 1. The number of carbonyl (C=O) groups excluding carboxylic acids is 2. The zero-order valence-electron chi connectivity index (χ0n) is 18.9. The lowest BCUT2D eigenvalue weighted by Crippen LogP contribution is -2.56. The summed E-state index contributed by atoms with van der Waals surface area (Å²) in [5, 5.41) is 2.94. The average Bonchev–Trinajstić information content (AvgIpc) is 2.78. The van der Waals surface area contributed by atoms with Gasteiger partial charge in [0.1, 0.15) is 11.8 Å². The summed E-state index contributed by atoms with van der Waals surface area (Å²) in [5.74, 6) is 0.174. The minimum atomic E-state index is -0.569. The van der Waals surface area contributed by atoms with Crippen molar-refractivity contribution in [1.29, 1.82) is 0 Å². The van der Waals surface area contributed by atoms with E-state index in [2.05, 4.69) is 41.4 Å². The minimum absolute atomic E-state index is 0.0174. The van der Waals surface area contributed by atoms with Crippen LogP contribution in [0.3, 0.4) is 0 Å². The number of hydrogen-bond donors (Lipinski definition) is 1. The zero-order valence-corrected chi connectivity index (χ0v) is 18.9. The summed E-state index contributed by atoms with van der Waals surface area (Å²) in [5.41, 5.74) is 3.05. The molecule has 1 atom stereocenters. The third kappa shape index (κ3) is 5.64. The number of methoxy groups -OCH3 is 1. The van der Waals surface area contributed by atoms with E-state index in [9.17, 15) is 9.59 Å². The van der Waals surface area contributed by atoms with E-state index in [4.69, 9.17) is 4.74 Å². The van der Waals surface area contributed by atoms with Crippen LogP contribution in [0.5, 0.6) is 5.75 Å². The van der Waals surface area contributed by atoms with Crippen molar-refractivity contribution < 1.29 is 14.3 Å². The number of aryl methyl sites for hydroxylation is 1. The Kier molecular flexibility index (Phi) is 7.69. The van der Waals surface area contributed by atoms with Crippen LogP contribution in [0.2, 0.25) is 0 Å². The van der Waals surface area contributed by atoms with Gasteiger partial charge in [-0.1, -0.05) is 50.2 Å². The van der Waals surface area contributed by atoms with Gasteiger partial charge in [0.25, 0.3) is 5.91 Å². The van der Waals surface area contributed by atoms with E-state index in [1.54, 1.807) is 18.2 Å². The maximum Gasteiger partial charge on any atom is 0.255 e. The molecule has 31 heavy (non-hydrogen) atoms. The van der Waals surface area contributed by atoms with Crippen LogP contribution in [0.4, 0.5) is 0 Å². The van der Waals surface area contributed by atoms with Gasteiger partial charge < -0.3 is 15.0 Å². The molecule has 2 amide bonds. The highest BCUT2D eigenvalue weighted by Gasteiger charge is 2.31. The molecule has 3 rings (SSSR count). The first-order chi connectivity index (χ1) is 14.9. The zero-order chi connectivity index (χ0) is 22.4. The highest BCUT2D eigenvalue weighted by molar-refractivity contribution is 5.99. The van der Waals surface area contributed by atoms with E-state index in [1.165, 1.54) is 18.2 Å². The van der Waals surface area contributed by atoms with Crippen molar-refractivity contribution in [3.05, 3.63) is 65.2 Å². The Morgan fingerprint density at radius 3 is 2.29 bits per heavy atom. The van der Waals surface area contributed by atoms with Gasteiger partial charge in [0.05, 0.1) is 12.7 Å². The molecule has 166 valence electrons. The Labute approximate surface area is 185 Å².